The molecule has 0 amide bonds. The van der Waals surface area contributed by atoms with Gasteiger partial charge in [0.1, 0.15) is 0 Å². The number of hydrogen-bond donors (Lipinski definition) is 0. The third kappa shape index (κ3) is 11.4. The van der Waals surface area contributed by atoms with Crippen molar-refractivity contribution < 1.29 is 12.9 Å². The second-order valence-electron chi connectivity index (χ2n) is 0.0476. The molecular weight excluding hydrogens is 142 g/mol. The average molecular weight is 146 g/mol. The Bertz CT molecular complexity index is 6.00. The standard InChI is InChI=1S/CH4.2ClH.Co/h1H4;2*1H;/q;;;+2/p-2. The minimum atomic E-state index is 0. The summed E-state index contributed by atoms with van der Waals surface area (Å²) in [4.78, 5) is 0. The third-order valence-electron chi connectivity index (χ3n) is 0. The summed E-state index contributed by atoms with van der Waals surface area (Å²) in [5.41, 5.74) is 0. The van der Waals surface area contributed by atoms with Gasteiger partial charge >= 0.3 is 33.2 Å². The molecule has 0 aromatic heterocycles. The molecule has 0 aromatic carbocycles. The molecule has 0 nitrogen and oxygen atoms in total. The van der Waals surface area contributed by atoms with Crippen LogP contribution in [0.4, 0.5) is 0 Å². The molecule has 0 atom stereocenters. The zero-order chi connectivity index (χ0) is 2.71. The maximum absolute atomic E-state index is 4.73. The topological polar surface area (TPSA) is 0 Å². The van der Waals surface area contributed by atoms with Crippen molar-refractivity contribution in [3.05, 3.63) is 0 Å². The summed E-state index contributed by atoms with van der Waals surface area (Å²) < 4.78 is 0. The molecule has 0 aliphatic heterocycles. The Labute approximate surface area is 41.0 Å². The number of rotatable bonds is 0. The SMILES string of the molecule is C.[Cl][Co][Cl]. The molecule has 0 aliphatic carbocycles. The van der Waals surface area contributed by atoms with Crippen LogP contribution in [0.2, 0.25) is 0 Å². The van der Waals surface area contributed by atoms with E-state index in [1.165, 1.54) is 0 Å². The van der Waals surface area contributed by atoms with Gasteiger partial charge in [0.2, 0.25) is 0 Å². The van der Waals surface area contributed by atoms with E-state index in [4.69, 9.17) is 20.3 Å². The van der Waals surface area contributed by atoms with Gasteiger partial charge in [-0.2, -0.15) is 0 Å². The fraction of sp³-hybridized carbons (Fsp3) is 1.00. The molecule has 0 rings (SSSR count). The Kier molecular flexibility index (Phi) is 19.9. The summed E-state index contributed by atoms with van der Waals surface area (Å²) in [6, 6.07) is 0. The monoisotopic (exact) mass is 145 g/mol. The van der Waals surface area contributed by atoms with E-state index in [9.17, 15) is 0 Å². The first kappa shape index (κ1) is 8.92. The van der Waals surface area contributed by atoms with Crippen molar-refractivity contribution >= 4 is 20.3 Å². The van der Waals surface area contributed by atoms with E-state index >= 15 is 0 Å². The molecule has 4 heavy (non-hydrogen) atoms. The Morgan fingerprint density at radius 1 is 1.25 bits per heavy atom. The van der Waals surface area contributed by atoms with Gasteiger partial charge in [-0.05, 0) is 0 Å². The van der Waals surface area contributed by atoms with Crippen molar-refractivity contribution in [1.82, 2.24) is 0 Å². The van der Waals surface area contributed by atoms with E-state index in [-0.39, 0.29) is 7.43 Å². The van der Waals surface area contributed by atoms with Crippen molar-refractivity contribution in [2.24, 2.45) is 0 Å². The molecular formula is CH4Cl2Co. The molecule has 31 valence electrons. The van der Waals surface area contributed by atoms with E-state index in [0.29, 0.717) is 12.9 Å². The minimum absolute atomic E-state index is 0. The van der Waals surface area contributed by atoms with E-state index in [1.54, 1.807) is 0 Å². The van der Waals surface area contributed by atoms with Crippen LogP contribution < -0.4 is 0 Å². The van der Waals surface area contributed by atoms with Crippen LogP contribution in [0.5, 0.6) is 0 Å². The van der Waals surface area contributed by atoms with Gasteiger partial charge in [0.05, 0.1) is 0 Å². The molecule has 0 N–H and O–H groups in total. The Morgan fingerprint density at radius 2 is 1.25 bits per heavy atom. The van der Waals surface area contributed by atoms with Gasteiger partial charge in [0.25, 0.3) is 0 Å². The van der Waals surface area contributed by atoms with E-state index in [2.05, 4.69) is 0 Å². The van der Waals surface area contributed by atoms with Crippen molar-refractivity contribution in [2.45, 2.75) is 7.43 Å². The number of halogens is 2. The molecule has 0 saturated heterocycles. The van der Waals surface area contributed by atoms with Crippen molar-refractivity contribution in [3.8, 4) is 0 Å². The average Bonchev–Trinajstić information content (AvgIpc) is 0.918. The predicted molar refractivity (Wildman–Crippen MR) is 18.4 cm³/mol. The van der Waals surface area contributed by atoms with Gasteiger partial charge in [-0.25, -0.2) is 0 Å². The van der Waals surface area contributed by atoms with Crippen molar-refractivity contribution in [2.75, 3.05) is 0 Å². The van der Waals surface area contributed by atoms with E-state index in [1.807, 2.05) is 0 Å². The summed E-state index contributed by atoms with van der Waals surface area (Å²) in [7, 11) is 9.47. The second-order valence-corrected chi connectivity index (χ2v) is 1.77. The van der Waals surface area contributed by atoms with Crippen LogP contribution in [0.3, 0.4) is 0 Å². The van der Waals surface area contributed by atoms with Crippen LogP contribution in [0.25, 0.3) is 0 Å². The van der Waals surface area contributed by atoms with Gasteiger partial charge in [-0.1, -0.05) is 7.43 Å². The Hall–Kier alpha value is 1.09. The van der Waals surface area contributed by atoms with Crippen LogP contribution in [0.15, 0.2) is 0 Å². The Balaban J connectivity index is 0. The summed E-state index contributed by atoms with van der Waals surface area (Å²) in [6.07, 6.45) is 0. The summed E-state index contributed by atoms with van der Waals surface area (Å²) in [5, 5.41) is 0. The van der Waals surface area contributed by atoms with Gasteiger partial charge in [0.15, 0.2) is 0 Å². The van der Waals surface area contributed by atoms with Gasteiger partial charge in [-0.3, -0.25) is 0 Å². The third-order valence-corrected chi connectivity index (χ3v) is 0. The maximum atomic E-state index is 4.73. The van der Waals surface area contributed by atoms with Crippen molar-refractivity contribution in [1.29, 1.82) is 0 Å². The van der Waals surface area contributed by atoms with Crippen LogP contribution >= 0.6 is 20.3 Å². The zero-order valence-corrected chi connectivity index (χ0v) is 3.64. The van der Waals surface area contributed by atoms with E-state index < -0.39 is 0 Å². The van der Waals surface area contributed by atoms with E-state index in [0.717, 1.165) is 0 Å². The molecule has 0 radical (unpaired) electrons. The molecule has 0 aromatic rings. The van der Waals surface area contributed by atoms with Crippen LogP contribution in [0.1, 0.15) is 7.43 Å². The first-order valence-corrected chi connectivity index (χ1v) is 3.12. The molecule has 0 bridgehead atoms. The summed E-state index contributed by atoms with van der Waals surface area (Å²) >= 11 is 0.382. The summed E-state index contributed by atoms with van der Waals surface area (Å²) in [5.74, 6) is 0. The molecule has 0 unspecified atom stereocenters. The quantitative estimate of drug-likeness (QED) is 0.490. The molecule has 0 fully saturated rings. The predicted octanol–water partition coefficient (Wildman–Crippen LogP) is 2.01. The zero-order valence-electron chi connectivity index (χ0n) is 1.09. The molecule has 0 spiro atoms. The molecule has 3 heteroatoms. The van der Waals surface area contributed by atoms with Gasteiger partial charge < -0.3 is 0 Å². The Morgan fingerprint density at radius 3 is 1.25 bits per heavy atom. The second kappa shape index (κ2) is 8.94. The normalized spacial score (nSPS) is 5.50. The first-order valence-electron chi connectivity index (χ1n) is 0.252. The van der Waals surface area contributed by atoms with Crippen LogP contribution in [0, 0.1) is 0 Å². The fourth-order valence-corrected chi connectivity index (χ4v) is 0. The molecule has 0 saturated carbocycles. The van der Waals surface area contributed by atoms with Gasteiger partial charge in [-0.15, -0.1) is 0 Å². The molecule has 0 heterocycles. The summed E-state index contributed by atoms with van der Waals surface area (Å²) in [6.45, 7) is 0. The molecule has 0 aliphatic rings. The van der Waals surface area contributed by atoms with Crippen LogP contribution in [-0.4, -0.2) is 0 Å². The van der Waals surface area contributed by atoms with Crippen LogP contribution in [-0.2, 0) is 12.9 Å². The fourth-order valence-electron chi connectivity index (χ4n) is 0. The number of hydrogen-bond acceptors (Lipinski definition) is 0. The first-order chi connectivity index (χ1) is 1.41. The van der Waals surface area contributed by atoms with Crippen molar-refractivity contribution in [3.63, 3.8) is 0 Å². The van der Waals surface area contributed by atoms with Gasteiger partial charge in [0, 0.05) is 0 Å².